The maximum Gasteiger partial charge on any atom is 0.330 e. The van der Waals surface area contributed by atoms with E-state index in [1.807, 2.05) is 6.92 Å². The normalized spacial score (nSPS) is 11.6. The van der Waals surface area contributed by atoms with Gasteiger partial charge < -0.3 is 34.9 Å². The lowest BCUT2D eigenvalue weighted by Crippen LogP contribution is -2.18. The minimum absolute atomic E-state index is 0. The maximum absolute atomic E-state index is 10.3. The fourth-order valence-corrected chi connectivity index (χ4v) is 0.175. The quantitative estimate of drug-likeness (QED) is 0.195. The van der Waals surface area contributed by atoms with E-state index in [0.29, 0.717) is 0 Å². The van der Waals surface area contributed by atoms with Gasteiger partial charge in [-0.25, -0.2) is 0 Å². The Morgan fingerprint density at radius 1 is 0.703 bits per heavy atom. The van der Waals surface area contributed by atoms with Gasteiger partial charge in [-0.3, -0.25) is 23.5 Å². The number of carboxylic acid groups (broad SMARTS) is 3. The molecule has 0 heterocycles. The van der Waals surface area contributed by atoms with Crippen LogP contribution in [0.3, 0.4) is 0 Å². The van der Waals surface area contributed by atoms with Gasteiger partial charge in [0.25, 0.3) is 0 Å². The summed E-state index contributed by atoms with van der Waals surface area (Å²) in [6.45, 7) is 19.3. The third kappa shape index (κ3) is 42.1. The maximum atomic E-state index is 10.3. The Labute approximate surface area is 224 Å². The molecule has 0 radical (unpaired) electrons. The van der Waals surface area contributed by atoms with Gasteiger partial charge in [0.2, 0.25) is 0 Å². The van der Waals surface area contributed by atoms with Crippen molar-refractivity contribution in [2.24, 2.45) is 17.3 Å². The predicted molar refractivity (Wildman–Crippen MR) is 149 cm³/mol. The standard InChI is InChI=1S/2C5H10O2.C4H11O3P.C4H8O2.C3H9O3P.2CH4/c1-5(2,3)4(6)7;1-3-4(2)5(6)7;1-4(2,3)8(5,6)7;1-3(2)4(5)6;1-3(2)7(4,5)6;;/h1-3H3,(H,6,7);4H,3H2,1-2H3,(H,6,7);1-3H3,(H2,5,6,7);3H,1-2H3,(H,5,6);3H,1-2H3,(H2,4,5,6);2*1H4. The number of rotatable bonds is 4. The van der Waals surface area contributed by atoms with Gasteiger partial charge in [0.1, 0.15) is 0 Å². The minimum Gasteiger partial charge on any atom is -0.481 e. The van der Waals surface area contributed by atoms with E-state index in [9.17, 15) is 23.5 Å². The summed E-state index contributed by atoms with van der Waals surface area (Å²) in [6.07, 6.45) is 0.718. The molecule has 1 unspecified atom stereocenters. The van der Waals surface area contributed by atoms with Crippen molar-refractivity contribution in [3.63, 3.8) is 0 Å². The number of carboxylic acids is 3. The molecule has 0 aromatic carbocycles. The Morgan fingerprint density at radius 3 is 0.892 bits per heavy atom. The molecule has 14 heteroatoms. The third-order valence-electron chi connectivity index (χ3n) is 3.72. The van der Waals surface area contributed by atoms with Crippen LogP contribution in [-0.4, -0.2) is 63.6 Å². The molecule has 0 bridgehead atoms. The summed E-state index contributed by atoms with van der Waals surface area (Å²) in [5.41, 5.74) is -1.12. The first kappa shape index (κ1) is 52.2. The van der Waals surface area contributed by atoms with E-state index >= 15 is 0 Å². The molecular weight excluding hydrogens is 530 g/mol. The van der Waals surface area contributed by atoms with Gasteiger partial charge in [-0.15, -0.1) is 0 Å². The first-order chi connectivity index (χ1) is 15.0. The van der Waals surface area contributed by atoms with E-state index in [-0.39, 0.29) is 26.7 Å². The number of hydrogen-bond donors (Lipinski definition) is 7. The summed E-state index contributed by atoms with van der Waals surface area (Å²) < 4.78 is 20.4. The molecular formula is C23H56O12P2. The second kappa shape index (κ2) is 22.7. The Bertz CT molecular complexity index is 693. The fourth-order valence-electron chi connectivity index (χ4n) is 0.175. The highest BCUT2D eigenvalue weighted by molar-refractivity contribution is 7.53. The van der Waals surface area contributed by atoms with Crippen molar-refractivity contribution in [3.8, 4) is 0 Å². The molecule has 37 heavy (non-hydrogen) atoms. The molecule has 0 amide bonds. The minimum atomic E-state index is -3.85. The largest absolute Gasteiger partial charge is 0.481 e. The summed E-state index contributed by atoms with van der Waals surface area (Å²) >= 11 is 0. The van der Waals surface area contributed by atoms with E-state index in [4.69, 9.17) is 34.9 Å². The van der Waals surface area contributed by atoms with Crippen LogP contribution >= 0.6 is 15.2 Å². The van der Waals surface area contributed by atoms with Crippen LogP contribution in [0.2, 0.25) is 0 Å². The zero-order valence-electron chi connectivity index (χ0n) is 23.0. The second-order valence-electron chi connectivity index (χ2n) is 10.1. The van der Waals surface area contributed by atoms with Crippen LogP contribution in [0.4, 0.5) is 0 Å². The van der Waals surface area contributed by atoms with Crippen LogP contribution in [0.15, 0.2) is 0 Å². The number of hydrogen-bond acceptors (Lipinski definition) is 5. The molecule has 12 nitrogen and oxygen atoms in total. The van der Waals surface area contributed by atoms with Crippen molar-refractivity contribution >= 4 is 33.1 Å². The smallest absolute Gasteiger partial charge is 0.330 e. The Balaban J connectivity index is -0.0000000602. The highest BCUT2D eigenvalue weighted by Gasteiger charge is 2.31. The van der Waals surface area contributed by atoms with Crippen molar-refractivity contribution in [3.05, 3.63) is 0 Å². The van der Waals surface area contributed by atoms with Crippen molar-refractivity contribution in [1.29, 1.82) is 0 Å². The average Bonchev–Trinajstić information content (AvgIpc) is 2.59. The number of aliphatic carboxylic acids is 3. The number of carbonyl (C=O) groups is 3. The van der Waals surface area contributed by atoms with Crippen LogP contribution in [0.5, 0.6) is 0 Å². The van der Waals surface area contributed by atoms with Gasteiger partial charge in [0.15, 0.2) is 0 Å². The molecule has 0 aliphatic carbocycles. The molecule has 230 valence electrons. The summed E-state index contributed by atoms with van der Waals surface area (Å²) in [6, 6.07) is 0. The van der Waals surface area contributed by atoms with Crippen molar-refractivity contribution in [1.82, 2.24) is 0 Å². The van der Waals surface area contributed by atoms with E-state index in [2.05, 4.69) is 0 Å². The molecule has 0 rings (SSSR count). The van der Waals surface area contributed by atoms with Crippen LogP contribution in [0.25, 0.3) is 0 Å². The Morgan fingerprint density at radius 2 is 0.892 bits per heavy atom. The van der Waals surface area contributed by atoms with Gasteiger partial charge in [-0.1, -0.05) is 56.4 Å². The second-order valence-corrected chi connectivity index (χ2v) is 14.7. The Hall–Kier alpha value is -1.29. The summed E-state index contributed by atoms with van der Waals surface area (Å²) in [7, 11) is -7.59. The summed E-state index contributed by atoms with van der Waals surface area (Å²) in [5.74, 6) is -2.62. The lowest BCUT2D eigenvalue weighted by atomic mass is 9.98. The van der Waals surface area contributed by atoms with E-state index in [1.165, 1.54) is 34.6 Å². The van der Waals surface area contributed by atoms with Gasteiger partial charge in [0, 0.05) is 0 Å². The molecule has 0 aromatic rings. The highest BCUT2D eigenvalue weighted by Crippen LogP contribution is 2.49. The lowest BCUT2D eigenvalue weighted by Gasteiger charge is -2.18. The van der Waals surface area contributed by atoms with Gasteiger partial charge in [0.05, 0.1) is 28.1 Å². The lowest BCUT2D eigenvalue weighted by molar-refractivity contribution is -0.146. The molecule has 0 aromatic heterocycles. The van der Waals surface area contributed by atoms with Gasteiger partial charge in [-0.2, -0.15) is 0 Å². The SMILES string of the molecule is C.C.CC(C)(C)C(=O)O.CC(C)(C)P(=O)(O)O.CC(C)C(=O)O.CC(C)P(=O)(O)O.CCC(C)C(=O)O. The van der Waals surface area contributed by atoms with Gasteiger partial charge in [-0.05, 0) is 48.0 Å². The summed E-state index contributed by atoms with van der Waals surface area (Å²) in [4.78, 5) is 63.0. The molecule has 0 spiro atoms. The van der Waals surface area contributed by atoms with E-state index in [1.54, 1.807) is 41.5 Å². The molecule has 0 fully saturated rings. The van der Waals surface area contributed by atoms with E-state index < -0.39 is 49.3 Å². The van der Waals surface area contributed by atoms with Crippen LogP contribution in [0.1, 0.15) is 104 Å². The van der Waals surface area contributed by atoms with Crippen LogP contribution in [-0.2, 0) is 23.5 Å². The van der Waals surface area contributed by atoms with Crippen LogP contribution in [0, 0.1) is 17.3 Å². The Kier molecular flexibility index (Phi) is 32.0. The third-order valence-corrected chi connectivity index (χ3v) is 6.81. The molecule has 0 saturated heterocycles. The summed E-state index contributed by atoms with van der Waals surface area (Å²) in [5, 5.41) is 23.5. The molecule has 1 atom stereocenters. The van der Waals surface area contributed by atoms with E-state index in [0.717, 1.165) is 6.42 Å². The van der Waals surface area contributed by atoms with Crippen molar-refractivity contribution in [2.45, 2.75) is 115 Å². The fraction of sp³-hybridized carbons (Fsp3) is 0.870. The molecule has 0 saturated carbocycles. The predicted octanol–water partition coefficient (Wildman–Crippen LogP) is 5.77. The zero-order chi connectivity index (χ0) is 30.2. The molecule has 7 N–H and O–H groups in total. The van der Waals surface area contributed by atoms with Crippen molar-refractivity contribution < 1.29 is 58.4 Å². The first-order valence-electron chi connectivity index (χ1n) is 10.8. The monoisotopic (exact) mass is 586 g/mol. The van der Waals surface area contributed by atoms with Crippen molar-refractivity contribution in [2.75, 3.05) is 0 Å². The van der Waals surface area contributed by atoms with Crippen LogP contribution < -0.4 is 0 Å². The first-order valence-corrected chi connectivity index (χ1v) is 14.1. The zero-order valence-corrected chi connectivity index (χ0v) is 24.8. The topological polar surface area (TPSA) is 227 Å². The highest BCUT2D eigenvalue weighted by atomic mass is 31.2. The molecule has 0 aliphatic heterocycles. The average molecular weight is 587 g/mol. The van der Waals surface area contributed by atoms with Gasteiger partial charge >= 0.3 is 33.1 Å². The molecule has 0 aliphatic rings.